The molecular weight excluding hydrogens is 593 g/mol. The molecule has 0 aliphatic rings. The number of hydrogen-bond acceptors (Lipinski definition) is 6. The van der Waals surface area contributed by atoms with Crippen molar-refractivity contribution in [3.63, 3.8) is 0 Å². The van der Waals surface area contributed by atoms with Gasteiger partial charge in [-0.1, -0.05) is 68.2 Å². The summed E-state index contributed by atoms with van der Waals surface area (Å²) >= 11 is 7.03. The van der Waals surface area contributed by atoms with Crippen LogP contribution in [0.1, 0.15) is 72.3 Å². The molecule has 1 aromatic carbocycles. The van der Waals surface area contributed by atoms with E-state index in [0.29, 0.717) is 47.7 Å². The van der Waals surface area contributed by atoms with Crippen LogP contribution in [0.4, 0.5) is 0 Å². The summed E-state index contributed by atoms with van der Waals surface area (Å²) < 4.78 is 31.1. The van der Waals surface area contributed by atoms with E-state index in [1.807, 2.05) is 65.2 Å². The number of rotatable bonds is 18. The van der Waals surface area contributed by atoms with Crippen molar-refractivity contribution in [2.45, 2.75) is 77.0 Å². The van der Waals surface area contributed by atoms with Crippen molar-refractivity contribution >= 4 is 50.1 Å². The Kier molecular flexibility index (Phi) is 14.6. The quantitative estimate of drug-likeness (QED) is 0.0698. The summed E-state index contributed by atoms with van der Waals surface area (Å²) in [6, 6.07) is 9.45. The number of carbonyl (C=O) groups is 2. The lowest BCUT2D eigenvalue weighted by Crippen LogP contribution is -2.52. The van der Waals surface area contributed by atoms with Crippen LogP contribution >= 0.6 is 24.0 Å². The molecule has 12 heteroatoms. The van der Waals surface area contributed by atoms with Crippen LogP contribution in [-0.4, -0.2) is 89.8 Å². The zero-order chi connectivity index (χ0) is 32.2. The summed E-state index contributed by atoms with van der Waals surface area (Å²) in [5.74, 6) is -0.704. The Morgan fingerprint density at radius 3 is 2.12 bits per heavy atom. The number of thiocarbonyl (C=S) groups is 1. The summed E-state index contributed by atoms with van der Waals surface area (Å²) in [5.41, 5.74) is -1.00. The summed E-state index contributed by atoms with van der Waals surface area (Å²) in [5, 5.41) is 6.05. The molecule has 1 aromatic rings. The van der Waals surface area contributed by atoms with Crippen LogP contribution in [0.15, 0.2) is 30.3 Å². The molecule has 2 unspecified atom stereocenters. The number of nitrogens with zero attached hydrogens (tertiary/aromatic N) is 2. The molecule has 0 fully saturated rings. The fourth-order valence-corrected chi connectivity index (χ4v) is 7.50. The number of hydrogen-bond donors (Lipinski definition) is 3. The molecule has 236 valence electrons. The van der Waals surface area contributed by atoms with Gasteiger partial charge in [-0.05, 0) is 25.3 Å². The first-order chi connectivity index (χ1) is 19.3. The zero-order valence-electron chi connectivity index (χ0n) is 26.2. The number of quaternary nitrogens is 1. The van der Waals surface area contributed by atoms with E-state index in [1.54, 1.807) is 13.8 Å². The van der Waals surface area contributed by atoms with Crippen molar-refractivity contribution < 1.29 is 27.0 Å². The smallest absolute Gasteiger partial charge is 0.265 e. The fourth-order valence-electron chi connectivity index (χ4n) is 5.10. The highest BCUT2D eigenvalue weighted by atomic mass is 32.2. The van der Waals surface area contributed by atoms with Gasteiger partial charge in [0.05, 0.1) is 47.3 Å². The average molecular weight is 642 g/mol. The average Bonchev–Trinajstić information content (AvgIpc) is 2.88. The molecule has 0 radical (unpaired) electrons. The van der Waals surface area contributed by atoms with Crippen molar-refractivity contribution in [1.82, 2.24) is 10.6 Å². The van der Waals surface area contributed by atoms with Gasteiger partial charge in [0.15, 0.2) is 0 Å². The number of amides is 2. The highest BCUT2D eigenvalue weighted by Gasteiger charge is 2.49. The third kappa shape index (κ3) is 13.5. The largest absolute Gasteiger partial charge is 0.356 e. The Labute approximate surface area is 262 Å². The van der Waals surface area contributed by atoms with Gasteiger partial charge in [-0.3, -0.25) is 14.1 Å². The topological polar surface area (TPSA) is 117 Å². The van der Waals surface area contributed by atoms with Gasteiger partial charge >= 0.3 is 0 Å². The second-order valence-corrected chi connectivity index (χ2v) is 16.5. The van der Waals surface area contributed by atoms with E-state index in [-0.39, 0.29) is 30.4 Å². The third-order valence-electron chi connectivity index (χ3n) is 7.14. The normalized spacial score (nSPS) is 15.1. The predicted octanol–water partition coefficient (Wildman–Crippen LogP) is 4.73. The van der Waals surface area contributed by atoms with E-state index in [1.165, 1.54) is 11.8 Å². The summed E-state index contributed by atoms with van der Waals surface area (Å²) in [6.45, 7) is 19.1. The SMILES string of the molecule is [C-]#[N+]C(C)(C)CC(C)(CC(C)(SC(=S)c1ccccc1)C(=O)NCCC[N+](C)(C)CCCS(=O)(=O)O)C(=O)NCCC. The van der Waals surface area contributed by atoms with Crippen LogP contribution in [0, 0.1) is 12.0 Å². The first kappa shape index (κ1) is 38.0. The fraction of sp³-hybridized carbons (Fsp3) is 0.667. The number of nitrogens with one attached hydrogen (secondary N) is 2. The standard InChI is InChI=1S/C30H48N4O5S3/c1-9-17-32-26(35)29(4,22-28(2,3)31-6)23-30(5,41-25(40)24-15-11-10-12-16-24)27(36)33-18-13-19-34(7,8)20-14-21-42(37,38)39/h10-12,15-16H,9,13-14,17-23H2,1-5,7-8H3,(H2-,32,33,35,36,37,38,39)/p+1. The molecule has 3 N–H and O–H groups in total. The van der Waals surface area contributed by atoms with Gasteiger partial charge in [0.2, 0.25) is 17.4 Å². The van der Waals surface area contributed by atoms with Gasteiger partial charge in [-0.2, -0.15) is 8.42 Å². The zero-order valence-corrected chi connectivity index (χ0v) is 28.6. The predicted molar refractivity (Wildman–Crippen MR) is 176 cm³/mol. The summed E-state index contributed by atoms with van der Waals surface area (Å²) in [7, 11) is -0.0426. The molecule has 1 rings (SSSR count). The van der Waals surface area contributed by atoms with Gasteiger partial charge in [0, 0.05) is 46.2 Å². The maximum Gasteiger partial charge on any atom is 0.265 e. The Hall–Kier alpha value is -2.04. The van der Waals surface area contributed by atoms with E-state index < -0.39 is 25.8 Å². The first-order valence-electron chi connectivity index (χ1n) is 14.3. The molecule has 0 aromatic heterocycles. The molecule has 0 aliphatic carbocycles. The minimum absolute atomic E-state index is 0.176. The minimum Gasteiger partial charge on any atom is -0.356 e. The van der Waals surface area contributed by atoms with Gasteiger partial charge in [-0.25, -0.2) is 6.57 Å². The second-order valence-electron chi connectivity index (χ2n) is 12.7. The van der Waals surface area contributed by atoms with Gasteiger partial charge in [0.1, 0.15) is 0 Å². The lowest BCUT2D eigenvalue weighted by Gasteiger charge is -2.38. The van der Waals surface area contributed by atoms with E-state index in [9.17, 15) is 18.0 Å². The molecule has 0 spiro atoms. The second kappa shape index (κ2) is 16.1. The van der Waals surface area contributed by atoms with Crippen molar-refractivity contribution in [3.8, 4) is 0 Å². The van der Waals surface area contributed by atoms with E-state index in [0.717, 1.165) is 12.0 Å². The van der Waals surface area contributed by atoms with E-state index in [4.69, 9.17) is 23.3 Å². The van der Waals surface area contributed by atoms with E-state index in [2.05, 4.69) is 15.5 Å². The van der Waals surface area contributed by atoms with Crippen molar-refractivity contribution in [3.05, 3.63) is 47.3 Å². The molecule has 0 bridgehead atoms. The molecule has 0 saturated heterocycles. The van der Waals surface area contributed by atoms with Crippen LogP contribution in [-0.2, 0) is 19.7 Å². The third-order valence-corrected chi connectivity index (χ3v) is 9.63. The molecule has 9 nitrogen and oxygen atoms in total. The first-order valence-corrected chi connectivity index (χ1v) is 17.1. The van der Waals surface area contributed by atoms with Crippen LogP contribution in [0.3, 0.4) is 0 Å². The number of benzene rings is 1. The van der Waals surface area contributed by atoms with Crippen LogP contribution in [0.2, 0.25) is 0 Å². The maximum atomic E-state index is 13.9. The van der Waals surface area contributed by atoms with Crippen LogP contribution in [0.5, 0.6) is 0 Å². The molecule has 0 heterocycles. The highest BCUT2D eigenvalue weighted by molar-refractivity contribution is 8.25. The minimum atomic E-state index is -3.99. The molecule has 42 heavy (non-hydrogen) atoms. The molecule has 2 atom stereocenters. The Bertz CT molecular complexity index is 1220. The van der Waals surface area contributed by atoms with Gasteiger partial charge < -0.3 is 20.0 Å². The summed E-state index contributed by atoms with van der Waals surface area (Å²) in [4.78, 5) is 31.2. The molecule has 2 amide bonds. The lowest BCUT2D eigenvalue weighted by atomic mass is 9.72. The van der Waals surface area contributed by atoms with Crippen molar-refractivity contribution in [1.29, 1.82) is 0 Å². The monoisotopic (exact) mass is 641 g/mol. The van der Waals surface area contributed by atoms with Crippen LogP contribution < -0.4 is 10.6 Å². The summed E-state index contributed by atoms with van der Waals surface area (Å²) in [6.07, 6.45) is 2.20. The number of thioether (sulfide) groups is 1. The van der Waals surface area contributed by atoms with Crippen molar-refractivity contribution in [2.75, 3.05) is 46.0 Å². The van der Waals surface area contributed by atoms with E-state index >= 15 is 0 Å². The number of carbonyl (C=O) groups excluding carboxylic acids is 2. The molecular formula is C30H49N4O5S3+. The Balaban J connectivity index is 3.18. The lowest BCUT2D eigenvalue weighted by molar-refractivity contribution is -0.890. The van der Waals surface area contributed by atoms with Crippen molar-refractivity contribution in [2.24, 2.45) is 5.41 Å². The Morgan fingerprint density at radius 1 is 1.00 bits per heavy atom. The molecule has 0 saturated carbocycles. The molecule has 0 aliphatic heterocycles. The maximum absolute atomic E-state index is 13.9. The highest BCUT2D eigenvalue weighted by Crippen LogP contribution is 2.44. The van der Waals surface area contributed by atoms with Gasteiger partial charge in [-0.15, -0.1) is 0 Å². The van der Waals surface area contributed by atoms with Crippen LogP contribution in [0.25, 0.3) is 4.85 Å². The van der Waals surface area contributed by atoms with Gasteiger partial charge in [0.25, 0.3) is 10.1 Å². The Morgan fingerprint density at radius 2 is 1.57 bits per heavy atom.